The van der Waals surface area contributed by atoms with E-state index in [-0.39, 0.29) is 0 Å². The molecule has 1 rings (SSSR count). The van der Waals surface area contributed by atoms with Gasteiger partial charge in [-0.05, 0) is 0 Å². The Labute approximate surface area is 90.8 Å². The van der Waals surface area contributed by atoms with E-state index in [0.717, 1.165) is 0 Å². The fourth-order valence-electron chi connectivity index (χ4n) is 1.22. The molecule has 16 heavy (non-hydrogen) atoms. The third kappa shape index (κ3) is 3.33. The van der Waals surface area contributed by atoms with Crippen LogP contribution in [0, 0.1) is 0 Å². The van der Waals surface area contributed by atoms with Gasteiger partial charge in [0.15, 0.2) is 6.29 Å². The lowest BCUT2D eigenvalue weighted by atomic mass is 10.00. The van der Waals surface area contributed by atoms with Gasteiger partial charge < -0.3 is 25.2 Å². The van der Waals surface area contributed by atoms with E-state index in [4.69, 9.17) is 14.8 Å². The Hall–Kier alpha value is -0.330. The van der Waals surface area contributed by atoms with E-state index in [1.54, 1.807) is 0 Å². The molecule has 0 aromatic heterocycles. The fourth-order valence-corrected chi connectivity index (χ4v) is 1.53. The van der Waals surface area contributed by atoms with E-state index in [1.807, 2.05) is 0 Å². The van der Waals surface area contributed by atoms with Crippen molar-refractivity contribution in [2.24, 2.45) is 0 Å². The normalized spacial score (nSPS) is 40.9. The lowest BCUT2D eigenvalue weighted by molar-refractivity contribution is -0.285. The Morgan fingerprint density at radius 3 is 2.12 bits per heavy atom. The van der Waals surface area contributed by atoms with Gasteiger partial charge in [0.2, 0.25) is 0 Å². The van der Waals surface area contributed by atoms with Crippen molar-refractivity contribution in [3.8, 4) is 0 Å². The molecule has 5 atom stereocenters. The van der Waals surface area contributed by atoms with E-state index in [9.17, 15) is 18.6 Å². The molecule has 0 aromatic rings. The Bertz CT molecular complexity index is 327. The minimum absolute atomic E-state index is 0.805. The van der Waals surface area contributed by atoms with Gasteiger partial charge >= 0.3 is 10.4 Å². The van der Waals surface area contributed by atoms with Crippen LogP contribution in [-0.4, -0.2) is 70.7 Å². The minimum atomic E-state index is -4.71. The highest BCUT2D eigenvalue weighted by molar-refractivity contribution is 7.80. The molecule has 0 spiro atoms. The number of aliphatic hydroxyl groups excluding tert-OH is 4. The standard InChI is InChI=1S/C6H12O9S/c7-3-2(1-14-16(11,12)13)15-6(10)5(9)4(3)8/h2-10H,1H2,(H,11,12,13)/t2-,3?,4+,5-,6?/m1/s1. The zero-order chi connectivity index (χ0) is 12.5. The van der Waals surface area contributed by atoms with Crippen LogP contribution >= 0.6 is 0 Å². The van der Waals surface area contributed by atoms with Crippen LogP contribution < -0.4 is 0 Å². The summed E-state index contributed by atoms with van der Waals surface area (Å²) in [7, 11) is -4.71. The summed E-state index contributed by atoms with van der Waals surface area (Å²) in [5.41, 5.74) is 0. The molecule has 1 aliphatic rings. The Kier molecular flexibility index (Phi) is 4.20. The summed E-state index contributed by atoms with van der Waals surface area (Å²) in [6.07, 6.45) is -8.25. The molecule has 2 unspecified atom stereocenters. The highest BCUT2D eigenvalue weighted by atomic mass is 32.3. The van der Waals surface area contributed by atoms with E-state index < -0.39 is 47.7 Å². The molecular formula is C6H12O9S. The third-order valence-corrected chi connectivity index (χ3v) is 2.50. The van der Waals surface area contributed by atoms with E-state index in [1.165, 1.54) is 0 Å². The van der Waals surface area contributed by atoms with Crippen molar-refractivity contribution in [2.45, 2.75) is 30.7 Å². The maximum Gasteiger partial charge on any atom is 0.397 e. The monoisotopic (exact) mass is 260 g/mol. The quantitative estimate of drug-likeness (QED) is 0.327. The molecule has 10 heteroatoms. The van der Waals surface area contributed by atoms with Gasteiger partial charge in [-0.25, -0.2) is 4.18 Å². The average molecular weight is 260 g/mol. The minimum Gasteiger partial charge on any atom is -0.387 e. The van der Waals surface area contributed by atoms with Crippen LogP contribution in [0.3, 0.4) is 0 Å². The smallest absolute Gasteiger partial charge is 0.387 e. The van der Waals surface area contributed by atoms with E-state index >= 15 is 0 Å². The Morgan fingerprint density at radius 1 is 1.06 bits per heavy atom. The van der Waals surface area contributed by atoms with Crippen molar-refractivity contribution < 1.29 is 42.3 Å². The molecule has 5 N–H and O–H groups in total. The molecule has 1 heterocycles. The second-order valence-corrected chi connectivity index (χ2v) is 4.34. The highest BCUT2D eigenvalue weighted by Crippen LogP contribution is 2.20. The van der Waals surface area contributed by atoms with Crippen LogP contribution in [0.15, 0.2) is 0 Å². The molecule has 1 aliphatic heterocycles. The average Bonchev–Trinajstić information content (AvgIpc) is 2.17. The number of aliphatic hydroxyl groups is 4. The summed E-state index contributed by atoms with van der Waals surface area (Å²) < 4.78 is 37.2. The van der Waals surface area contributed by atoms with Gasteiger partial charge in [-0.3, -0.25) is 4.55 Å². The zero-order valence-electron chi connectivity index (χ0n) is 7.87. The summed E-state index contributed by atoms with van der Waals surface area (Å²) in [5.74, 6) is 0. The molecule has 1 fully saturated rings. The van der Waals surface area contributed by atoms with Crippen molar-refractivity contribution in [2.75, 3.05) is 6.61 Å². The molecule has 9 nitrogen and oxygen atoms in total. The number of rotatable bonds is 3. The van der Waals surface area contributed by atoms with Crippen molar-refractivity contribution in [3.05, 3.63) is 0 Å². The number of hydrogen-bond acceptors (Lipinski definition) is 8. The Balaban J connectivity index is 2.61. The SMILES string of the molecule is O=S(=O)(O)OC[C@H]1OC(O)[C@H](O)[C@@H](O)C1O. The maximum absolute atomic E-state index is 10.2. The molecule has 0 radical (unpaired) electrons. The van der Waals surface area contributed by atoms with Crippen LogP contribution in [0.1, 0.15) is 0 Å². The molecule has 96 valence electrons. The first kappa shape index (κ1) is 13.7. The first-order valence-electron chi connectivity index (χ1n) is 4.22. The van der Waals surface area contributed by atoms with Gasteiger partial charge in [-0.15, -0.1) is 0 Å². The van der Waals surface area contributed by atoms with Gasteiger partial charge in [-0.1, -0.05) is 0 Å². The molecule has 0 bridgehead atoms. The summed E-state index contributed by atoms with van der Waals surface area (Å²) in [4.78, 5) is 0. The number of hydrogen-bond donors (Lipinski definition) is 5. The first-order chi connectivity index (χ1) is 7.22. The first-order valence-corrected chi connectivity index (χ1v) is 5.58. The molecule has 0 aromatic carbocycles. The molecular weight excluding hydrogens is 248 g/mol. The second kappa shape index (κ2) is 4.89. The van der Waals surface area contributed by atoms with Crippen molar-refractivity contribution in [3.63, 3.8) is 0 Å². The van der Waals surface area contributed by atoms with Gasteiger partial charge in [0.25, 0.3) is 0 Å². The van der Waals surface area contributed by atoms with E-state index in [0.29, 0.717) is 0 Å². The van der Waals surface area contributed by atoms with E-state index in [2.05, 4.69) is 8.92 Å². The summed E-state index contributed by atoms with van der Waals surface area (Å²) in [6, 6.07) is 0. The van der Waals surface area contributed by atoms with Crippen LogP contribution in [-0.2, 0) is 19.3 Å². The summed E-state index contributed by atoms with van der Waals surface area (Å²) >= 11 is 0. The van der Waals surface area contributed by atoms with Gasteiger partial charge in [0.05, 0.1) is 6.61 Å². The second-order valence-electron chi connectivity index (χ2n) is 3.25. The zero-order valence-corrected chi connectivity index (χ0v) is 8.69. The molecule has 0 saturated carbocycles. The third-order valence-electron chi connectivity index (χ3n) is 2.07. The fraction of sp³-hybridized carbons (Fsp3) is 1.00. The van der Waals surface area contributed by atoms with Crippen molar-refractivity contribution in [1.29, 1.82) is 0 Å². The summed E-state index contributed by atoms with van der Waals surface area (Å²) in [5, 5.41) is 36.7. The van der Waals surface area contributed by atoms with Crippen LogP contribution in [0.25, 0.3) is 0 Å². The molecule has 0 amide bonds. The predicted molar refractivity (Wildman–Crippen MR) is 46.4 cm³/mol. The number of ether oxygens (including phenoxy) is 1. The van der Waals surface area contributed by atoms with Crippen LogP contribution in [0.5, 0.6) is 0 Å². The van der Waals surface area contributed by atoms with Gasteiger partial charge in [-0.2, -0.15) is 8.42 Å². The summed E-state index contributed by atoms with van der Waals surface area (Å²) in [6.45, 7) is -0.805. The highest BCUT2D eigenvalue weighted by Gasteiger charge is 2.43. The maximum atomic E-state index is 10.2. The largest absolute Gasteiger partial charge is 0.397 e. The Morgan fingerprint density at radius 2 is 1.62 bits per heavy atom. The van der Waals surface area contributed by atoms with Crippen LogP contribution in [0.4, 0.5) is 0 Å². The molecule has 0 aliphatic carbocycles. The predicted octanol–water partition coefficient (Wildman–Crippen LogP) is -3.39. The van der Waals surface area contributed by atoms with Crippen molar-refractivity contribution >= 4 is 10.4 Å². The van der Waals surface area contributed by atoms with Gasteiger partial charge in [0, 0.05) is 0 Å². The lowest BCUT2D eigenvalue weighted by Gasteiger charge is -2.37. The topological polar surface area (TPSA) is 154 Å². The van der Waals surface area contributed by atoms with Crippen LogP contribution in [0.2, 0.25) is 0 Å². The molecule has 1 saturated heterocycles. The lowest BCUT2D eigenvalue weighted by Crippen LogP contribution is -2.58. The van der Waals surface area contributed by atoms with Crippen molar-refractivity contribution in [1.82, 2.24) is 0 Å². The van der Waals surface area contributed by atoms with Gasteiger partial charge in [0.1, 0.15) is 24.4 Å².